The molecule has 0 saturated heterocycles. The molecule has 0 aromatic heterocycles. The first-order chi connectivity index (χ1) is 7.22. The molecule has 0 amide bonds. The third-order valence-corrected chi connectivity index (χ3v) is 1.98. The summed E-state index contributed by atoms with van der Waals surface area (Å²) in [6.45, 7) is 4.67. The van der Waals surface area contributed by atoms with Crippen molar-refractivity contribution in [3.8, 4) is 5.75 Å². The molecular weight excluding hydrogens is 190 g/mol. The van der Waals surface area contributed by atoms with Crippen LogP contribution in [0.5, 0.6) is 5.75 Å². The molecule has 1 atom stereocenters. The van der Waals surface area contributed by atoms with E-state index >= 15 is 0 Å². The summed E-state index contributed by atoms with van der Waals surface area (Å²) >= 11 is 0. The highest BCUT2D eigenvalue weighted by molar-refractivity contribution is 5.20. The molecular formula is C12H19NO2. The van der Waals surface area contributed by atoms with Crippen LogP contribution in [0.2, 0.25) is 0 Å². The van der Waals surface area contributed by atoms with Crippen molar-refractivity contribution in [1.82, 2.24) is 5.32 Å². The summed E-state index contributed by atoms with van der Waals surface area (Å²) in [4.78, 5) is 0. The maximum Gasteiger partial charge on any atom is 0.119 e. The lowest BCUT2D eigenvalue weighted by Gasteiger charge is -2.19. The second-order valence-corrected chi connectivity index (χ2v) is 3.82. The molecule has 0 radical (unpaired) electrons. The Morgan fingerprint density at radius 2 is 1.93 bits per heavy atom. The summed E-state index contributed by atoms with van der Waals surface area (Å²) in [7, 11) is 0. The number of ether oxygens (including phenoxy) is 1. The molecule has 84 valence electrons. The van der Waals surface area contributed by atoms with Crippen molar-refractivity contribution in [1.29, 1.82) is 0 Å². The standard InChI is InChI=1S/C12H19NO2/c1-10(2)13-11(8-14)9-15-12-6-4-3-5-7-12/h3-7,10-11,13-14H,8-9H2,1-2H3. The van der Waals surface area contributed by atoms with Gasteiger partial charge in [-0.3, -0.25) is 0 Å². The molecule has 0 bridgehead atoms. The van der Waals surface area contributed by atoms with Crippen molar-refractivity contribution in [2.24, 2.45) is 0 Å². The molecule has 1 aromatic carbocycles. The van der Waals surface area contributed by atoms with Gasteiger partial charge in [0, 0.05) is 6.04 Å². The van der Waals surface area contributed by atoms with Gasteiger partial charge in [0.1, 0.15) is 12.4 Å². The number of hydrogen-bond acceptors (Lipinski definition) is 3. The molecule has 3 heteroatoms. The summed E-state index contributed by atoms with van der Waals surface area (Å²) in [5, 5.41) is 12.3. The third-order valence-electron chi connectivity index (χ3n) is 1.98. The lowest BCUT2D eigenvalue weighted by molar-refractivity contribution is 0.177. The van der Waals surface area contributed by atoms with E-state index in [1.54, 1.807) is 0 Å². The highest BCUT2D eigenvalue weighted by Crippen LogP contribution is 2.08. The van der Waals surface area contributed by atoms with E-state index in [-0.39, 0.29) is 12.6 Å². The Bertz CT molecular complexity index is 262. The maximum atomic E-state index is 9.11. The first-order valence-electron chi connectivity index (χ1n) is 5.27. The molecule has 2 N–H and O–H groups in total. The van der Waals surface area contributed by atoms with Crippen LogP contribution in [0.25, 0.3) is 0 Å². The number of aliphatic hydroxyl groups excluding tert-OH is 1. The smallest absolute Gasteiger partial charge is 0.119 e. The van der Waals surface area contributed by atoms with Crippen molar-refractivity contribution >= 4 is 0 Å². The first-order valence-corrected chi connectivity index (χ1v) is 5.27. The summed E-state index contributed by atoms with van der Waals surface area (Å²) in [5.74, 6) is 0.835. The first kappa shape index (κ1) is 12.0. The van der Waals surface area contributed by atoms with Gasteiger partial charge in [0.15, 0.2) is 0 Å². The van der Waals surface area contributed by atoms with Gasteiger partial charge >= 0.3 is 0 Å². The van der Waals surface area contributed by atoms with Gasteiger partial charge < -0.3 is 15.2 Å². The van der Waals surface area contributed by atoms with E-state index in [1.807, 2.05) is 44.2 Å². The largest absolute Gasteiger partial charge is 0.492 e. The molecule has 1 unspecified atom stereocenters. The minimum absolute atomic E-state index is 0.00907. The summed E-state index contributed by atoms with van der Waals surface area (Å²) < 4.78 is 5.54. The molecule has 1 rings (SSSR count). The SMILES string of the molecule is CC(C)NC(CO)COc1ccccc1. The van der Waals surface area contributed by atoms with Crippen LogP contribution in [0.4, 0.5) is 0 Å². The van der Waals surface area contributed by atoms with Crippen molar-refractivity contribution in [3.05, 3.63) is 30.3 Å². The Morgan fingerprint density at radius 3 is 2.47 bits per heavy atom. The zero-order valence-electron chi connectivity index (χ0n) is 9.31. The molecule has 0 aliphatic heterocycles. The van der Waals surface area contributed by atoms with Crippen LogP contribution < -0.4 is 10.1 Å². The van der Waals surface area contributed by atoms with Crippen LogP contribution >= 0.6 is 0 Å². The Kier molecular flexibility index (Phi) is 5.15. The van der Waals surface area contributed by atoms with Crippen LogP contribution in [0.15, 0.2) is 30.3 Å². The molecule has 0 fully saturated rings. The maximum absolute atomic E-state index is 9.11. The quantitative estimate of drug-likeness (QED) is 0.744. The van der Waals surface area contributed by atoms with Gasteiger partial charge in [-0.25, -0.2) is 0 Å². The Balaban J connectivity index is 2.34. The lowest BCUT2D eigenvalue weighted by atomic mass is 10.3. The van der Waals surface area contributed by atoms with E-state index in [0.717, 1.165) is 5.75 Å². The van der Waals surface area contributed by atoms with Gasteiger partial charge in [0.05, 0.1) is 12.6 Å². The zero-order chi connectivity index (χ0) is 11.1. The van der Waals surface area contributed by atoms with Gasteiger partial charge in [-0.05, 0) is 12.1 Å². The van der Waals surface area contributed by atoms with Crippen LogP contribution in [0.3, 0.4) is 0 Å². The van der Waals surface area contributed by atoms with Crippen LogP contribution in [0.1, 0.15) is 13.8 Å². The molecule has 1 aromatic rings. The van der Waals surface area contributed by atoms with Crippen LogP contribution in [0, 0.1) is 0 Å². The third kappa shape index (κ3) is 4.81. The van der Waals surface area contributed by atoms with Crippen molar-refractivity contribution in [2.75, 3.05) is 13.2 Å². The van der Waals surface area contributed by atoms with E-state index in [2.05, 4.69) is 5.32 Å². The number of hydrogen-bond donors (Lipinski definition) is 2. The predicted molar refractivity (Wildman–Crippen MR) is 61.1 cm³/mol. The van der Waals surface area contributed by atoms with E-state index in [4.69, 9.17) is 9.84 Å². The van der Waals surface area contributed by atoms with E-state index in [0.29, 0.717) is 12.6 Å². The van der Waals surface area contributed by atoms with Crippen LogP contribution in [-0.4, -0.2) is 30.4 Å². The van der Waals surface area contributed by atoms with Crippen molar-refractivity contribution < 1.29 is 9.84 Å². The Hall–Kier alpha value is -1.06. The lowest BCUT2D eigenvalue weighted by Crippen LogP contribution is -2.41. The summed E-state index contributed by atoms with van der Waals surface area (Å²) in [6.07, 6.45) is 0. The number of para-hydroxylation sites is 1. The fourth-order valence-corrected chi connectivity index (χ4v) is 1.34. The van der Waals surface area contributed by atoms with Gasteiger partial charge in [0.2, 0.25) is 0 Å². The monoisotopic (exact) mass is 209 g/mol. The molecule has 0 aliphatic carbocycles. The molecule has 0 aliphatic rings. The zero-order valence-corrected chi connectivity index (χ0v) is 9.31. The highest BCUT2D eigenvalue weighted by Gasteiger charge is 2.08. The van der Waals surface area contributed by atoms with Crippen LogP contribution in [-0.2, 0) is 0 Å². The Labute approximate surface area is 91.1 Å². The van der Waals surface area contributed by atoms with E-state index < -0.39 is 0 Å². The number of rotatable bonds is 6. The van der Waals surface area contributed by atoms with E-state index in [1.165, 1.54) is 0 Å². The summed E-state index contributed by atoms with van der Waals surface area (Å²) in [5.41, 5.74) is 0. The highest BCUT2D eigenvalue weighted by atomic mass is 16.5. The molecule has 0 spiro atoms. The van der Waals surface area contributed by atoms with Crippen molar-refractivity contribution in [2.45, 2.75) is 25.9 Å². The number of nitrogens with one attached hydrogen (secondary N) is 1. The average Bonchev–Trinajstić information content (AvgIpc) is 2.25. The fourth-order valence-electron chi connectivity index (χ4n) is 1.34. The topological polar surface area (TPSA) is 41.5 Å². The minimum Gasteiger partial charge on any atom is -0.492 e. The number of benzene rings is 1. The minimum atomic E-state index is -0.00907. The van der Waals surface area contributed by atoms with Gasteiger partial charge in [-0.15, -0.1) is 0 Å². The second kappa shape index (κ2) is 6.43. The molecule has 0 heterocycles. The molecule has 3 nitrogen and oxygen atoms in total. The average molecular weight is 209 g/mol. The predicted octanol–water partition coefficient (Wildman–Crippen LogP) is 1.42. The van der Waals surface area contributed by atoms with Gasteiger partial charge in [0.25, 0.3) is 0 Å². The van der Waals surface area contributed by atoms with Gasteiger partial charge in [-0.2, -0.15) is 0 Å². The number of aliphatic hydroxyl groups is 1. The fraction of sp³-hybridized carbons (Fsp3) is 0.500. The molecule has 15 heavy (non-hydrogen) atoms. The van der Waals surface area contributed by atoms with Gasteiger partial charge in [-0.1, -0.05) is 32.0 Å². The van der Waals surface area contributed by atoms with E-state index in [9.17, 15) is 0 Å². The van der Waals surface area contributed by atoms with Crippen molar-refractivity contribution in [3.63, 3.8) is 0 Å². The normalized spacial score (nSPS) is 12.8. The molecule has 0 saturated carbocycles. The Morgan fingerprint density at radius 1 is 1.27 bits per heavy atom. The summed E-state index contributed by atoms with van der Waals surface area (Å²) in [6, 6.07) is 9.96. The second-order valence-electron chi connectivity index (χ2n) is 3.82.